The smallest absolute Gasteiger partial charge is 0.237 e. The maximum atomic E-state index is 11.4. The van der Waals surface area contributed by atoms with E-state index in [4.69, 9.17) is 9.72 Å². The zero-order valence-corrected chi connectivity index (χ0v) is 14.8. The van der Waals surface area contributed by atoms with Crippen LogP contribution < -0.4 is 10.1 Å². The van der Waals surface area contributed by atoms with Crippen LogP contribution in [0.5, 0.6) is 11.6 Å². The normalized spacial score (nSPS) is 10.7. The molecule has 6 heteroatoms. The molecule has 1 amide bonds. The number of hydrogen-bond donors (Lipinski definition) is 1. The van der Waals surface area contributed by atoms with E-state index >= 15 is 0 Å². The van der Waals surface area contributed by atoms with Crippen molar-refractivity contribution < 1.29 is 9.53 Å². The van der Waals surface area contributed by atoms with Gasteiger partial charge in [-0.1, -0.05) is 48.5 Å². The number of carbonyl (C=O) groups excluding carboxylic acids is 1. The molecule has 134 valence electrons. The summed E-state index contributed by atoms with van der Waals surface area (Å²) in [5.74, 6) is 1.05. The highest BCUT2D eigenvalue weighted by Gasteiger charge is 2.16. The van der Waals surface area contributed by atoms with Gasteiger partial charge in [-0.25, -0.2) is 9.50 Å². The molecule has 0 unspecified atom stereocenters. The summed E-state index contributed by atoms with van der Waals surface area (Å²) < 4.78 is 7.55. The van der Waals surface area contributed by atoms with Gasteiger partial charge in [0.05, 0.1) is 17.9 Å². The van der Waals surface area contributed by atoms with Gasteiger partial charge < -0.3 is 10.1 Å². The highest BCUT2D eigenvalue weighted by Crippen LogP contribution is 2.26. The number of ether oxygens (including phenoxy) is 1. The van der Waals surface area contributed by atoms with E-state index in [0.717, 1.165) is 17.0 Å². The first-order valence-electron chi connectivity index (χ1n) is 8.62. The van der Waals surface area contributed by atoms with Gasteiger partial charge in [0.2, 0.25) is 11.8 Å². The molecule has 2 aromatic carbocycles. The standard InChI is InChI=1S/C21H18N4O2/c1-15(26)22-14-18-21(16-8-4-2-5-9-16)23-19-12-13-20(24-25(18)19)27-17-10-6-3-7-11-17/h2-13H,14H2,1H3,(H,22,26). The Bertz CT molecular complexity index is 1080. The first kappa shape index (κ1) is 16.8. The third-order valence-electron chi connectivity index (χ3n) is 4.06. The maximum absolute atomic E-state index is 11.4. The lowest BCUT2D eigenvalue weighted by molar-refractivity contribution is -0.119. The summed E-state index contributed by atoms with van der Waals surface area (Å²) in [7, 11) is 0. The number of aromatic nitrogens is 3. The number of fused-ring (bicyclic) bond motifs is 1. The van der Waals surface area contributed by atoms with Gasteiger partial charge in [-0.3, -0.25) is 4.79 Å². The van der Waals surface area contributed by atoms with Crippen LogP contribution in [-0.2, 0) is 11.3 Å². The van der Waals surface area contributed by atoms with Gasteiger partial charge in [0.15, 0.2) is 5.65 Å². The van der Waals surface area contributed by atoms with Crippen LogP contribution in [0, 0.1) is 0 Å². The van der Waals surface area contributed by atoms with Crippen molar-refractivity contribution in [2.75, 3.05) is 0 Å². The van der Waals surface area contributed by atoms with Crippen LogP contribution in [0.25, 0.3) is 16.9 Å². The molecule has 2 heterocycles. The van der Waals surface area contributed by atoms with Crippen LogP contribution in [0.1, 0.15) is 12.6 Å². The number of amides is 1. The highest BCUT2D eigenvalue weighted by atomic mass is 16.5. The molecule has 0 aliphatic rings. The Hall–Kier alpha value is -3.67. The molecule has 2 aromatic heterocycles. The quantitative estimate of drug-likeness (QED) is 0.589. The fraction of sp³-hybridized carbons (Fsp3) is 0.0952. The number of imidazole rings is 1. The van der Waals surface area contributed by atoms with E-state index in [1.807, 2.05) is 66.7 Å². The molecular formula is C21H18N4O2. The zero-order chi connectivity index (χ0) is 18.6. The summed E-state index contributed by atoms with van der Waals surface area (Å²) in [6, 6.07) is 23.0. The third kappa shape index (κ3) is 3.64. The Morgan fingerprint density at radius 3 is 2.41 bits per heavy atom. The molecule has 27 heavy (non-hydrogen) atoms. The zero-order valence-electron chi connectivity index (χ0n) is 14.8. The summed E-state index contributed by atoms with van der Waals surface area (Å²) in [6.45, 7) is 1.81. The van der Waals surface area contributed by atoms with E-state index in [1.165, 1.54) is 6.92 Å². The predicted molar refractivity (Wildman–Crippen MR) is 102 cm³/mol. The molecule has 0 bridgehead atoms. The molecule has 0 spiro atoms. The summed E-state index contributed by atoms with van der Waals surface area (Å²) in [6.07, 6.45) is 0. The molecule has 4 rings (SSSR count). The maximum Gasteiger partial charge on any atom is 0.237 e. The first-order valence-corrected chi connectivity index (χ1v) is 8.62. The number of nitrogens with one attached hydrogen (secondary N) is 1. The molecule has 4 aromatic rings. The van der Waals surface area contributed by atoms with Crippen LogP contribution in [0.2, 0.25) is 0 Å². The van der Waals surface area contributed by atoms with E-state index in [0.29, 0.717) is 23.8 Å². The number of benzene rings is 2. The van der Waals surface area contributed by atoms with Gasteiger partial charge in [-0.15, -0.1) is 5.10 Å². The minimum absolute atomic E-state index is 0.111. The SMILES string of the molecule is CC(=O)NCc1c(-c2ccccc2)nc2ccc(Oc3ccccc3)nn12. The van der Waals surface area contributed by atoms with Gasteiger partial charge in [0.1, 0.15) is 5.75 Å². The Morgan fingerprint density at radius 2 is 1.70 bits per heavy atom. The Balaban J connectivity index is 1.79. The van der Waals surface area contributed by atoms with E-state index in [1.54, 1.807) is 10.6 Å². The Labute approximate surface area is 156 Å². The monoisotopic (exact) mass is 358 g/mol. The highest BCUT2D eigenvalue weighted by molar-refractivity contribution is 5.73. The topological polar surface area (TPSA) is 68.5 Å². The number of para-hydroxylation sites is 1. The number of nitrogens with zero attached hydrogens (tertiary/aromatic N) is 3. The van der Waals surface area contributed by atoms with Crippen LogP contribution in [-0.4, -0.2) is 20.5 Å². The van der Waals surface area contributed by atoms with Crippen molar-refractivity contribution in [3.05, 3.63) is 78.5 Å². The van der Waals surface area contributed by atoms with Gasteiger partial charge in [0.25, 0.3) is 0 Å². The Morgan fingerprint density at radius 1 is 1.00 bits per heavy atom. The fourth-order valence-electron chi connectivity index (χ4n) is 2.82. The second-order valence-corrected chi connectivity index (χ2v) is 6.04. The lowest BCUT2D eigenvalue weighted by atomic mass is 10.1. The minimum Gasteiger partial charge on any atom is -0.438 e. The molecule has 0 radical (unpaired) electrons. The van der Waals surface area contributed by atoms with Crippen molar-refractivity contribution in [3.8, 4) is 22.9 Å². The van der Waals surface area contributed by atoms with E-state index in [2.05, 4.69) is 10.4 Å². The van der Waals surface area contributed by atoms with Crippen molar-refractivity contribution >= 4 is 11.6 Å². The lowest BCUT2D eigenvalue weighted by Crippen LogP contribution is -2.20. The summed E-state index contributed by atoms with van der Waals surface area (Å²) >= 11 is 0. The van der Waals surface area contributed by atoms with Gasteiger partial charge in [-0.2, -0.15) is 0 Å². The molecule has 0 saturated carbocycles. The predicted octanol–water partition coefficient (Wildman–Crippen LogP) is 3.82. The lowest BCUT2D eigenvalue weighted by Gasteiger charge is -2.07. The second-order valence-electron chi connectivity index (χ2n) is 6.04. The Kier molecular flexibility index (Phi) is 4.53. The van der Waals surface area contributed by atoms with Gasteiger partial charge in [-0.05, 0) is 18.2 Å². The number of hydrogen-bond acceptors (Lipinski definition) is 4. The molecule has 1 N–H and O–H groups in total. The molecule has 6 nitrogen and oxygen atoms in total. The molecule has 0 aliphatic carbocycles. The average Bonchev–Trinajstić information content (AvgIpc) is 3.06. The fourth-order valence-corrected chi connectivity index (χ4v) is 2.82. The minimum atomic E-state index is -0.111. The second kappa shape index (κ2) is 7.29. The van der Waals surface area contributed by atoms with Crippen molar-refractivity contribution in [1.82, 2.24) is 19.9 Å². The molecule has 0 aliphatic heterocycles. The van der Waals surface area contributed by atoms with Crippen LogP contribution in [0.4, 0.5) is 0 Å². The molecule has 0 saturated heterocycles. The largest absolute Gasteiger partial charge is 0.438 e. The molecule has 0 atom stereocenters. The van der Waals surface area contributed by atoms with E-state index in [9.17, 15) is 4.79 Å². The van der Waals surface area contributed by atoms with Crippen LogP contribution in [0.15, 0.2) is 72.8 Å². The first-order chi connectivity index (χ1) is 13.2. The van der Waals surface area contributed by atoms with Crippen molar-refractivity contribution in [3.63, 3.8) is 0 Å². The third-order valence-corrected chi connectivity index (χ3v) is 4.06. The molecular weight excluding hydrogens is 340 g/mol. The van der Waals surface area contributed by atoms with Crippen LogP contribution in [0.3, 0.4) is 0 Å². The van der Waals surface area contributed by atoms with Crippen LogP contribution >= 0.6 is 0 Å². The van der Waals surface area contributed by atoms with E-state index in [-0.39, 0.29) is 5.91 Å². The van der Waals surface area contributed by atoms with Crippen molar-refractivity contribution in [1.29, 1.82) is 0 Å². The summed E-state index contributed by atoms with van der Waals surface area (Å²) in [5, 5.41) is 7.41. The van der Waals surface area contributed by atoms with Crippen molar-refractivity contribution in [2.45, 2.75) is 13.5 Å². The van der Waals surface area contributed by atoms with Crippen molar-refractivity contribution in [2.24, 2.45) is 0 Å². The molecule has 0 fully saturated rings. The van der Waals surface area contributed by atoms with Gasteiger partial charge in [0, 0.05) is 18.6 Å². The van der Waals surface area contributed by atoms with Gasteiger partial charge >= 0.3 is 0 Å². The average molecular weight is 358 g/mol. The van der Waals surface area contributed by atoms with E-state index < -0.39 is 0 Å². The summed E-state index contributed by atoms with van der Waals surface area (Å²) in [5.41, 5.74) is 3.24. The number of carbonyl (C=O) groups is 1. The summed E-state index contributed by atoms with van der Waals surface area (Å²) in [4.78, 5) is 16.1. The number of rotatable bonds is 5.